The van der Waals surface area contributed by atoms with E-state index in [0.717, 1.165) is 23.2 Å². The third-order valence-electron chi connectivity index (χ3n) is 3.65. The molecule has 1 aliphatic heterocycles. The highest BCUT2D eigenvalue weighted by atomic mass is 32.1. The molecular weight excluding hydrogens is 289 g/mol. The third-order valence-corrected chi connectivity index (χ3v) is 4.73. The quantitative estimate of drug-likeness (QED) is 0.800. The number of amides is 1. The molecule has 3 rings (SSSR count). The Hall–Kier alpha value is -1.97. The lowest BCUT2D eigenvalue weighted by atomic mass is 10.2. The zero-order valence-electron chi connectivity index (χ0n) is 11.4. The summed E-state index contributed by atoms with van der Waals surface area (Å²) in [5.74, 6) is -0.290. The second-order valence-electron chi connectivity index (χ2n) is 5.02. The summed E-state index contributed by atoms with van der Waals surface area (Å²) in [6, 6.07) is 8.51. The number of carbonyl (C=O) groups excluding carboxylic acids is 1. The van der Waals surface area contributed by atoms with Crippen LogP contribution >= 0.6 is 11.3 Å². The fourth-order valence-electron chi connectivity index (χ4n) is 2.48. The molecule has 2 aromatic rings. The van der Waals surface area contributed by atoms with Crippen molar-refractivity contribution in [3.05, 3.63) is 35.0 Å². The van der Waals surface area contributed by atoms with E-state index in [-0.39, 0.29) is 11.7 Å². The van der Waals surface area contributed by atoms with Crippen LogP contribution in [0.15, 0.2) is 24.3 Å². The molecule has 21 heavy (non-hydrogen) atoms. The van der Waals surface area contributed by atoms with Crippen molar-refractivity contribution in [1.82, 2.24) is 9.80 Å². The van der Waals surface area contributed by atoms with Gasteiger partial charge in [0, 0.05) is 30.9 Å². The van der Waals surface area contributed by atoms with Crippen molar-refractivity contribution < 1.29 is 9.18 Å². The maximum absolute atomic E-state index is 13.2. The number of hydrogen-bond donors (Lipinski definition) is 0. The molecule has 6 heteroatoms. The summed E-state index contributed by atoms with van der Waals surface area (Å²) in [4.78, 5) is 17.0. The molecular formula is C15H14FN3OS. The Balaban J connectivity index is 1.74. The molecule has 1 saturated heterocycles. The second-order valence-corrected chi connectivity index (χ2v) is 6.10. The molecule has 1 aliphatic rings. The van der Waals surface area contributed by atoms with E-state index in [9.17, 15) is 9.18 Å². The molecule has 1 amide bonds. The topological polar surface area (TPSA) is 47.3 Å². The number of carbonyl (C=O) groups is 1. The predicted octanol–water partition coefficient (Wildman–Crippen LogP) is 2.32. The zero-order valence-corrected chi connectivity index (χ0v) is 12.2. The SMILES string of the molecule is N#CCN1CCN(C(=O)c2cc3ccc(F)cc3s2)CC1. The molecule has 108 valence electrons. The van der Waals surface area contributed by atoms with E-state index >= 15 is 0 Å². The van der Waals surface area contributed by atoms with Crippen LogP contribution in [0.4, 0.5) is 4.39 Å². The number of thiophene rings is 1. The van der Waals surface area contributed by atoms with E-state index in [1.54, 1.807) is 11.0 Å². The highest BCUT2D eigenvalue weighted by molar-refractivity contribution is 7.20. The normalized spacial score (nSPS) is 16.1. The summed E-state index contributed by atoms with van der Waals surface area (Å²) in [6.45, 7) is 3.11. The number of benzene rings is 1. The Bertz CT molecular complexity index is 713. The van der Waals surface area contributed by atoms with Crippen molar-refractivity contribution in [2.75, 3.05) is 32.7 Å². The standard InChI is InChI=1S/C15H14FN3OS/c16-12-2-1-11-9-14(21-13(11)10-12)15(20)19-7-5-18(4-3-17)6-8-19/h1-2,9-10H,4-8H2. The summed E-state index contributed by atoms with van der Waals surface area (Å²) in [6.07, 6.45) is 0. The minimum Gasteiger partial charge on any atom is -0.335 e. The lowest BCUT2D eigenvalue weighted by molar-refractivity contribution is 0.0656. The molecule has 0 bridgehead atoms. The summed E-state index contributed by atoms with van der Waals surface area (Å²) >= 11 is 1.33. The van der Waals surface area contributed by atoms with Crippen molar-refractivity contribution in [1.29, 1.82) is 5.26 Å². The Labute approximate surface area is 126 Å². The number of rotatable bonds is 2. The Morgan fingerprint density at radius 2 is 2.05 bits per heavy atom. The van der Waals surface area contributed by atoms with Gasteiger partial charge >= 0.3 is 0 Å². The molecule has 0 saturated carbocycles. The van der Waals surface area contributed by atoms with Gasteiger partial charge in [0.1, 0.15) is 5.82 Å². The average molecular weight is 303 g/mol. The molecule has 4 nitrogen and oxygen atoms in total. The van der Waals surface area contributed by atoms with Gasteiger partial charge in [0.05, 0.1) is 17.5 Å². The molecule has 0 radical (unpaired) electrons. The van der Waals surface area contributed by atoms with Gasteiger partial charge in [-0.25, -0.2) is 4.39 Å². The van der Waals surface area contributed by atoms with Crippen molar-refractivity contribution in [3.8, 4) is 6.07 Å². The first-order valence-electron chi connectivity index (χ1n) is 6.75. The lowest BCUT2D eigenvalue weighted by Crippen LogP contribution is -2.48. The van der Waals surface area contributed by atoms with Gasteiger partial charge in [-0.3, -0.25) is 9.69 Å². The number of fused-ring (bicyclic) bond motifs is 1. The zero-order chi connectivity index (χ0) is 14.8. The van der Waals surface area contributed by atoms with Gasteiger partial charge in [-0.1, -0.05) is 6.07 Å². The number of piperazine rings is 1. The average Bonchev–Trinajstić information content (AvgIpc) is 2.90. The van der Waals surface area contributed by atoms with Crippen molar-refractivity contribution in [2.45, 2.75) is 0 Å². The first kappa shape index (κ1) is 14.0. The lowest BCUT2D eigenvalue weighted by Gasteiger charge is -2.33. The summed E-state index contributed by atoms with van der Waals surface area (Å²) in [7, 11) is 0. The molecule has 0 spiro atoms. The third kappa shape index (κ3) is 2.89. The van der Waals surface area contributed by atoms with Crippen LogP contribution in [0.5, 0.6) is 0 Å². The molecule has 0 atom stereocenters. The van der Waals surface area contributed by atoms with Gasteiger partial charge in [-0.15, -0.1) is 11.3 Å². The molecule has 0 N–H and O–H groups in total. The van der Waals surface area contributed by atoms with Crippen molar-refractivity contribution in [2.24, 2.45) is 0 Å². The van der Waals surface area contributed by atoms with Crippen LogP contribution in [0.2, 0.25) is 0 Å². The number of hydrogen-bond acceptors (Lipinski definition) is 4. The molecule has 0 aliphatic carbocycles. The van der Waals surface area contributed by atoms with Crippen LogP contribution in [0.25, 0.3) is 10.1 Å². The van der Waals surface area contributed by atoms with E-state index in [4.69, 9.17) is 5.26 Å². The Morgan fingerprint density at radius 3 is 2.76 bits per heavy atom. The van der Waals surface area contributed by atoms with Crippen molar-refractivity contribution >= 4 is 27.3 Å². The fraction of sp³-hybridized carbons (Fsp3) is 0.333. The van der Waals surface area contributed by atoms with E-state index in [1.165, 1.54) is 23.5 Å². The summed E-state index contributed by atoms with van der Waals surface area (Å²) < 4.78 is 14.0. The maximum Gasteiger partial charge on any atom is 0.264 e. The number of nitrogens with zero attached hydrogens (tertiary/aromatic N) is 3. The minimum atomic E-state index is -0.284. The Kier molecular flexibility index (Phi) is 3.86. The summed E-state index contributed by atoms with van der Waals surface area (Å²) in [5.41, 5.74) is 0. The summed E-state index contributed by atoms with van der Waals surface area (Å²) in [5, 5.41) is 9.57. The van der Waals surface area contributed by atoms with Gasteiger partial charge < -0.3 is 4.90 Å². The van der Waals surface area contributed by atoms with Crippen molar-refractivity contribution in [3.63, 3.8) is 0 Å². The van der Waals surface area contributed by atoms with E-state index < -0.39 is 0 Å². The van der Waals surface area contributed by atoms with Gasteiger partial charge in [0.2, 0.25) is 0 Å². The first-order chi connectivity index (χ1) is 10.2. The Morgan fingerprint density at radius 1 is 1.29 bits per heavy atom. The minimum absolute atomic E-state index is 0.00628. The van der Waals surface area contributed by atoms with Crippen LogP contribution in [-0.4, -0.2) is 48.4 Å². The van der Waals surface area contributed by atoms with Gasteiger partial charge in [-0.2, -0.15) is 5.26 Å². The van der Waals surface area contributed by atoms with Crippen LogP contribution in [0, 0.1) is 17.1 Å². The monoisotopic (exact) mass is 303 g/mol. The molecule has 0 unspecified atom stereocenters. The van der Waals surface area contributed by atoms with E-state index in [1.807, 2.05) is 11.0 Å². The van der Waals surface area contributed by atoms with Crippen LogP contribution in [-0.2, 0) is 0 Å². The molecule has 1 aromatic carbocycles. The van der Waals surface area contributed by atoms with Gasteiger partial charge in [0.15, 0.2) is 0 Å². The van der Waals surface area contributed by atoms with Crippen LogP contribution < -0.4 is 0 Å². The highest BCUT2D eigenvalue weighted by Gasteiger charge is 2.23. The van der Waals surface area contributed by atoms with E-state index in [2.05, 4.69) is 6.07 Å². The fourth-order valence-corrected chi connectivity index (χ4v) is 3.53. The van der Waals surface area contributed by atoms with Crippen LogP contribution in [0.1, 0.15) is 9.67 Å². The molecule has 2 heterocycles. The smallest absolute Gasteiger partial charge is 0.264 e. The first-order valence-corrected chi connectivity index (χ1v) is 7.57. The van der Waals surface area contributed by atoms with E-state index in [0.29, 0.717) is 24.5 Å². The highest BCUT2D eigenvalue weighted by Crippen LogP contribution is 2.27. The second kappa shape index (κ2) is 5.80. The largest absolute Gasteiger partial charge is 0.335 e. The number of nitriles is 1. The molecule has 1 aromatic heterocycles. The van der Waals surface area contributed by atoms with Crippen LogP contribution in [0.3, 0.4) is 0 Å². The molecule has 1 fully saturated rings. The predicted molar refractivity (Wildman–Crippen MR) is 79.7 cm³/mol. The van der Waals surface area contributed by atoms with Gasteiger partial charge in [0.25, 0.3) is 5.91 Å². The van der Waals surface area contributed by atoms with Gasteiger partial charge in [-0.05, 0) is 23.6 Å². The number of halogens is 1. The maximum atomic E-state index is 13.2.